The van der Waals surface area contributed by atoms with Crippen LogP contribution in [0.25, 0.3) is 0 Å². The second-order valence-corrected chi connectivity index (χ2v) is 2.91. The molecule has 0 N–H and O–H groups in total. The predicted molar refractivity (Wildman–Crippen MR) is 45.0 cm³/mol. The molecule has 0 bridgehead atoms. The van der Waals surface area contributed by atoms with Crippen LogP contribution in [-0.2, 0) is 4.84 Å². The van der Waals surface area contributed by atoms with E-state index in [1.54, 1.807) is 12.5 Å². The molecule has 0 aliphatic heterocycles. The Labute approximate surface area is 71.0 Å². The smallest absolute Gasteiger partial charge is 0.148 e. The summed E-state index contributed by atoms with van der Waals surface area (Å²) < 4.78 is 5.04. The first-order valence-corrected chi connectivity index (χ1v) is 4.18. The van der Waals surface area contributed by atoms with Crippen molar-refractivity contribution in [2.45, 2.75) is 25.4 Å². The first kappa shape index (κ1) is 7.40. The van der Waals surface area contributed by atoms with Crippen LogP contribution >= 0.6 is 0 Å². The molecule has 2 rings (SSSR count). The Morgan fingerprint density at radius 2 is 2.50 bits per heavy atom. The number of oxime groups is 1. The third-order valence-corrected chi connectivity index (χ3v) is 1.99. The molecule has 1 aliphatic rings. The van der Waals surface area contributed by atoms with Crippen molar-refractivity contribution in [1.29, 1.82) is 0 Å². The van der Waals surface area contributed by atoms with Gasteiger partial charge < -0.3 is 9.25 Å². The average molecular weight is 165 g/mol. The second-order valence-electron chi connectivity index (χ2n) is 2.91. The van der Waals surface area contributed by atoms with E-state index in [0.717, 1.165) is 18.6 Å². The van der Waals surface area contributed by atoms with Gasteiger partial charge in [0, 0.05) is 0 Å². The quantitative estimate of drug-likeness (QED) is 0.508. The van der Waals surface area contributed by atoms with Gasteiger partial charge in [-0.05, 0) is 31.4 Å². The Bertz CT molecular complexity index is 250. The summed E-state index contributed by atoms with van der Waals surface area (Å²) in [5, 5.41) is 3.82. The van der Waals surface area contributed by atoms with E-state index in [1.807, 2.05) is 12.1 Å². The van der Waals surface area contributed by atoms with Gasteiger partial charge in [-0.25, -0.2) is 0 Å². The lowest BCUT2D eigenvalue weighted by Gasteiger charge is -2.21. The Hall–Kier alpha value is -1.25. The fourth-order valence-electron chi connectivity index (χ4n) is 1.01. The second kappa shape index (κ2) is 3.43. The third-order valence-electron chi connectivity index (χ3n) is 1.99. The van der Waals surface area contributed by atoms with Gasteiger partial charge in [-0.3, -0.25) is 0 Å². The van der Waals surface area contributed by atoms with Crippen LogP contribution < -0.4 is 0 Å². The Balaban J connectivity index is 1.78. The lowest BCUT2D eigenvalue weighted by Crippen LogP contribution is -2.18. The summed E-state index contributed by atoms with van der Waals surface area (Å²) in [4.78, 5) is 5.16. The minimum atomic E-state index is 0.344. The van der Waals surface area contributed by atoms with Crippen molar-refractivity contribution >= 4 is 6.21 Å². The minimum Gasteiger partial charge on any atom is -0.463 e. The van der Waals surface area contributed by atoms with Crippen molar-refractivity contribution in [2.75, 3.05) is 0 Å². The molecule has 3 heteroatoms. The normalized spacial score (nSPS) is 18.0. The molecule has 0 spiro atoms. The molecule has 1 aromatic rings. The Morgan fingerprint density at radius 1 is 1.58 bits per heavy atom. The fraction of sp³-hybridized carbons (Fsp3) is 0.444. The number of hydrogen-bond donors (Lipinski definition) is 0. The van der Waals surface area contributed by atoms with Crippen LogP contribution in [0.2, 0.25) is 0 Å². The molecular formula is C9H11NO2. The molecule has 1 heterocycles. The lowest BCUT2D eigenvalue weighted by atomic mass is 9.97. The highest BCUT2D eigenvalue weighted by molar-refractivity contribution is 5.74. The SMILES string of the molecule is C(=N\OC1CCC1)/c1ccco1. The van der Waals surface area contributed by atoms with Crippen molar-refractivity contribution in [3.8, 4) is 0 Å². The first-order chi connectivity index (χ1) is 5.95. The van der Waals surface area contributed by atoms with Crippen molar-refractivity contribution < 1.29 is 9.25 Å². The van der Waals surface area contributed by atoms with E-state index in [0.29, 0.717) is 6.10 Å². The molecule has 0 saturated heterocycles. The zero-order valence-corrected chi connectivity index (χ0v) is 6.77. The van der Waals surface area contributed by atoms with Crippen LogP contribution in [0.5, 0.6) is 0 Å². The zero-order chi connectivity index (χ0) is 8.23. The van der Waals surface area contributed by atoms with Gasteiger partial charge in [0.15, 0.2) is 0 Å². The van der Waals surface area contributed by atoms with E-state index in [1.165, 1.54) is 6.42 Å². The van der Waals surface area contributed by atoms with Gasteiger partial charge in [-0.15, -0.1) is 0 Å². The number of nitrogens with zero attached hydrogens (tertiary/aromatic N) is 1. The monoisotopic (exact) mass is 165 g/mol. The molecule has 64 valence electrons. The zero-order valence-electron chi connectivity index (χ0n) is 6.77. The molecular weight excluding hydrogens is 154 g/mol. The maximum Gasteiger partial charge on any atom is 0.148 e. The predicted octanol–water partition coefficient (Wildman–Crippen LogP) is 2.18. The Kier molecular flexibility index (Phi) is 2.12. The van der Waals surface area contributed by atoms with Gasteiger partial charge >= 0.3 is 0 Å². The summed E-state index contributed by atoms with van der Waals surface area (Å²) in [6, 6.07) is 3.67. The van der Waals surface area contributed by atoms with Crippen LogP contribution in [0.3, 0.4) is 0 Å². The fourth-order valence-corrected chi connectivity index (χ4v) is 1.01. The van der Waals surface area contributed by atoms with E-state index >= 15 is 0 Å². The maximum absolute atomic E-state index is 5.16. The number of hydrogen-bond acceptors (Lipinski definition) is 3. The minimum absolute atomic E-state index is 0.344. The summed E-state index contributed by atoms with van der Waals surface area (Å²) >= 11 is 0. The largest absolute Gasteiger partial charge is 0.463 e. The van der Waals surface area contributed by atoms with Crippen LogP contribution in [0.4, 0.5) is 0 Å². The van der Waals surface area contributed by atoms with Crippen LogP contribution in [0, 0.1) is 0 Å². The highest BCUT2D eigenvalue weighted by atomic mass is 16.6. The molecule has 0 radical (unpaired) electrons. The number of rotatable bonds is 3. The van der Waals surface area contributed by atoms with Gasteiger partial charge in [0.05, 0.1) is 6.26 Å². The highest BCUT2D eigenvalue weighted by Gasteiger charge is 2.18. The van der Waals surface area contributed by atoms with E-state index in [-0.39, 0.29) is 0 Å². The molecule has 1 aliphatic carbocycles. The van der Waals surface area contributed by atoms with Gasteiger partial charge in [0.1, 0.15) is 18.1 Å². The maximum atomic E-state index is 5.16. The summed E-state index contributed by atoms with van der Waals surface area (Å²) in [5.41, 5.74) is 0. The molecule has 0 atom stereocenters. The summed E-state index contributed by atoms with van der Waals surface area (Å²) in [5.74, 6) is 0.731. The standard InChI is InChI=1S/C9H11NO2/c1-3-8(4-1)12-10-7-9-5-2-6-11-9/h2,5-8H,1,3-4H2/b10-7+. The first-order valence-electron chi connectivity index (χ1n) is 4.18. The van der Waals surface area contributed by atoms with Gasteiger partial charge in [0.2, 0.25) is 0 Å². The molecule has 1 fully saturated rings. The van der Waals surface area contributed by atoms with Crippen LogP contribution in [0.15, 0.2) is 28.0 Å². The summed E-state index contributed by atoms with van der Waals surface area (Å²) in [6.45, 7) is 0. The van der Waals surface area contributed by atoms with Crippen LogP contribution in [-0.4, -0.2) is 12.3 Å². The van der Waals surface area contributed by atoms with Gasteiger partial charge in [-0.2, -0.15) is 0 Å². The Morgan fingerprint density at radius 3 is 3.08 bits per heavy atom. The van der Waals surface area contributed by atoms with E-state index in [2.05, 4.69) is 5.16 Å². The van der Waals surface area contributed by atoms with Crippen molar-refractivity contribution in [3.05, 3.63) is 24.2 Å². The van der Waals surface area contributed by atoms with E-state index in [4.69, 9.17) is 9.25 Å². The topological polar surface area (TPSA) is 34.7 Å². The summed E-state index contributed by atoms with van der Waals surface area (Å²) in [7, 11) is 0. The molecule has 0 amide bonds. The summed E-state index contributed by atoms with van der Waals surface area (Å²) in [6.07, 6.45) is 7.09. The highest BCUT2D eigenvalue weighted by Crippen LogP contribution is 2.21. The molecule has 1 saturated carbocycles. The molecule has 1 aromatic heterocycles. The van der Waals surface area contributed by atoms with Crippen molar-refractivity contribution in [1.82, 2.24) is 0 Å². The van der Waals surface area contributed by atoms with Gasteiger partial charge in [0.25, 0.3) is 0 Å². The molecule has 0 aromatic carbocycles. The molecule has 3 nitrogen and oxygen atoms in total. The van der Waals surface area contributed by atoms with Crippen molar-refractivity contribution in [3.63, 3.8) is 0 Å². The van der Waals surface area contributed by atoms with Crippen molar-refractivity contribution in [2.24, 2.45) is 5.16 Å². The van der Waals surface area contributed by atoms with E-state index < -0.39 is 0 Å². The van der Waals surface area contributed by atoms with Crippen LogP contribution in [0.1, 0.15) is 25.0 Å². The van der Waals surface area contributed by atoms with E-state index in [9.17, 15) is 0 Å². The molecule has 0 unspecified atom stereocenters. The lowest BCUT2D eigenvalue weighted by molar-refractivity contribution is 0.00685. The average Bonchev–Trinajstić information content (AvgIpc) is 2.46. The third kappa shape index (κ3) is 1.67. The van der Waals surface area contributed by atoms with Gasteiger partial charge in [-0.1, -0.05) is 5.16 Å². The number of furan rings is 1. The molecule has 12 heavy (non-hydrogen) atoms.